The maximum atomic E-state index is 13.6. The van der Waals surface area contributed by atoms with Gasteiger partial charge in [-0.15, -0.1) is 0 Å². The maximum absolute atomic E-state index is 13.6. The van der Waals surface area contributed by atoms with E-state index in [0.29, 0.717) is 59.3 Å². The number of hydrogen-bond acceptors (Lipinski definition) is 9. The lowest BCUT2D eigenvalue weighted by Gasteiger charge is -2.43. The molecule has 2 aliphatic rings. The van der Waals surface area contributed by atoms with Gasteiger partial charge in [-0.3, -0.25) is 4.90 Å². The molecule has 2 fully saturated rings. The lowest BCUT2D eigenvalue weighted by atomic mass is 9.78. The Labute approximate surface area is 331 Å². The number of rotatable bonds is 16. The minimum atomic E-state index is -0.675. The summed E-state index contributed by atoms with van der Waals surface area (Å²) >= 11 is 0. The van der Waals surface area contributed by atoms with Crippen molar-refractivity contribution in [2.24, 2.45) is 5.92 Å². The van der Waals surface area contributed by atoms with Crippen molar-refractivity contribution in [3.63, 3.8) is 0 Å². The van der Waals surface area contributed by atoms with E-state index >= 15 is 0 Å². The molecular weight excluding hydrogens is 711 g/mol. The third kappa shape index (κ3) is 12.7. The first-order valence-corrected chi connectivity index (χ1v) is 19.8. The number of piperidine rings is 1. The summed E-state index contributed by atoms with van der Waals surface area (Å²) in [6.45, 7) is 12.6. The van der Waals surface area contributed by atoms with Crippen LogP contribution in [0.25, 0.3) is 10.8 Å². The van der Waals surface area contributed by atoms with Crippen molar-refractivity contribution in [3.05, 3.63) is 114 Å². The van der Waals surface area contributed by atoms with Crippen molar-refractivity contribution in [1.82, 2.24) is 15.1 Å². The Bertz CT molecular complexity index is 1810. The second-order valence-electron chi connectivity index (χ2n) is 15.5. The second-order valence-corrected chi connectivity index (χ2v) is 15.5. The minimum Gasteiger partial charge on any atom is -0.494 e. The Morgan fingerprint density at radius 3 is 2.34 bits per heavy atom. The van der Waals surface area contributed by atoms with Crippen LogP contribution in [0.5, 0.6) is 5.75 Å². The van der Waals surface area contributed by atoms with Crippen molar-refractivity contribution < 1.29 is 38.0 Å². The van der Waals surface area contributed by atoms with Crippen molar-refractivity contribution in [1.29, 1.82) is 0 Å². The maximum Gasteiger partial charge on any atom is 0.410 e. The molecule has 3 unspecified atom stereocenters. The molecule has 2 amide bonds. The lowest BCUT2D eigenvalue weighted by Crippen LogP contribution is -2.53. The Morgan fingerprint density at radius 1 is 0.821 bits per heavy atom. The van der Waals surface area contributed by atoms with Gasteiger partial charge in [-0.25, -0.2) is 9.59 Å². The molecule has 2 saturated heterocycles. The average Bonchev–Trinajstić information content (AvgIpc) is 3.20. The van der Waals surface area contributed by atoms with Crippen LogP contribution in [0.15, 0.2) is 97.1 Å². The standard InChI is InChI=1S/C45H57N3O8/c1-45(2,3)56-44(50)48-29-39(33-55-43(49)46-20-21-47-22-26-51-27-23-47)42(41(30-48)54-32-35-14-15-36-12-7-8-13-38(36)28-35)37-16-18-40(19-17-37)53-25-9-24-52-31-34-10-5-4-6-11-34/h4-8,10-19,28,39,41-42H,9,20-27,29-33H2,1-3H3,(H,46,49). The highest BCUT2D eigenvalue weighted by molar-refractivity contribution is 5.83. The zero-order valence-electron chi connectivity index (χ0n) is 33.0. The van der Waals surface area contributed by atoms with Crippen LogP contribution in [0.1, 0.15) is 49.8 Å². The summed E-state index contributed by atoms with van der Waals surface area (Å²) in [6.07, 6.45) is -0.575. The van der Waals surface area contributed by atoms with Gasteiger partial charge in [-0.2, -0.15) is 0 Å². The van der Waals surface area contributed by atoms with Crippen molar-refractivity contribution in [3.8, 4) is 5.75 Å². The molecule has 0 aromatic heterocycles. The average molecular weight is 768 g/mol. The first-order chi connectivity index (χ1) is 27.2. The summed E-state index contributed by atoms with van der Waals surface area (Å²) in [7, 11) is 0. The number of likely N-dealkylation sites (tertiary alicyclic amines) is 1. The van der Waals surface area contributed by atoms with Gasteiger partial charge in [-0.05, 0) is 66.4 Å². The zero-order chi connectivity index (χ0) is 39.2. The Balaban J connectivity index is 1.15. The predicted octanol–water partition coefficient (Wildman–Crippen LogP) is 7.42. The number of nitrogens with one attached hydrogen (secondary N) is 1. The molecule has 6 rings (SSSR count). The molecule has 0 bridgehead atoms. The quantitative estimate of drug-likeness (QED) is 0.117. The monoisotopic (exact) mass is 767 g/mol. The van der Waals surface area contributed by atoms with E-state index in [-0.39, 0.29) is 18.4 Å². The fourth-order valence-electron chi connectivity index (χ4n) is 7.19. The van der Waals surface area contributed by atoms with Crippen LogP contribution in [0, 0.1) is 5.92 Å². The third-order valence-corrected chi connectivity index (χ3v) is 10.0. The van der Waals surface area contributed by atoms with Gasteiger partial charge in [0, 0.05) is 51.0 Å². The first kappa shape index (κ1) is 41.0. The van der Waals surface area contributed by atoms with E-state index in [2.05, 4.69) is 64.8 Å². The summed E-state index contributed by atoms with van der Waals surface area (Å²) in [4.78, 5) is 30.5. The third-order valence-electron chi connectivity index (χ3n) is 10.0. The van der Waals surface area contributed by atoms with Crippen LogP contribution >= 0.6 is 0 Å². The molecule has 2 heterocycles. The number of benzene rings is 4. The van der Waals surface area contributed by atoms with Crippen molar-refractivity contribution in [2.45, 2.75) is 58.0 Å². The van der Waals surface area contributed by atoms with E-state index in [4.69, 9.17) is 28.4 Å². The Kier molecular flexibility index (Phi) is 15.0. The van der Waals surface area contributed by atoms with E-state index in [9.17, 15) is 9.59 Å². The summed E-state index contributed by atoms with van der Waals surface area (Å²) in [6, 6.07) is 32.7. The summed E-state index contributed by atoms with van der Waals surface area (Å²) in [5.74, 6) is 0.274. The molecule has 300 valence electrons. The highest BCUT2D eigenvalue weighted by Crippen LogP contribution is 2.37. The molecule has 0 radical (unpaired) electrons. The lowest BCUT2D eigenvalue weighted by molar-refractivity contribution is -0.0609. The van der Waals surface area contributed by atoms with E-state index in [1.165, 1.54) is 0 Å². The molecule has 11 nitrogen and oxygen atoms in total. The van der Waals surface area contributed by atoms with Gasteiger partial charge >= 0.3 is 12.2 Å². The Hall–Kier alpha value is -4.68. The number of carbonyl (C=O) groups excluding carboxylic acids is 2. The fourth-order valence-corrected chi connectivity index (χ4v) is 7.19. The van der Waals surface area contributed by atoms with Crippen LogP contribution in [-0.4, -0.2) is 106 Å². The summed E-state index contributed by atoms with van der Waals surface area (Å²) in [5, 5.41) is 5.19. The van der Waals surface area contributed by atoms with Gasteiger partial charge in [0.2, 0.25) is 0 Å². The number of nitrogens with zero attached hydrogens (tertiary/aromatic N) is 2. The molecule has 56 heavy (non-hydrogen) atoms. The number of amides is 2. The highest BCUT2D eigenvalue weighted by atomic mass is 16.6. The SMILES string of the molecule is CC(C)(C)OC(=O)N1CC(COC(=O)NCCN2CCOCC2)C(c2ccc(OCCCOCc3ccccc3)cc2)C(OCc2ccc3ccccc3c2)C1. The molecule has 0 saturated carbocycles. The smallest absolute Gasteiger partial charge is 0.410 e. The molecule has 4 aromatic carbocycles. The number of hydrogen-bond donors (Lipinski definition) is 1. The van der Waals surface area contributed by atoms with E-state index in [1.807, 2.05) is 63.2 Å². The molecule has 11 heteroatoms. The number of alkyl carbamates (subject to hydrolysis) is 1. The van der Waals surface area contributed by atoms with E-state index in [0.717, 1.165) is 59.3 Å². The van der Waals surface area contributed by atoms with Gasteiger partial charge in [0.05, 0.1) is 58.9 Å². The van der Waals surface area contributed by atoms with Crippen LogP contribution in [0.3, 0.4) is 0 Å². The number of ether oxygens (including phenoxy) is 6. The van der Waals surface area contributed by atoms with Gasteiger partial charge in [0.1, 0.15) is 11.4 Å². The number of morpholine rings is 1. The Morgan fingerprint density at radius 2 is 1.57 bits per heavy atom. The second kappa shape index (κ2) is 20.5. The molecule has 2 aliphatic heterocycles. The first-order valence-electron chi connectivity index (χ1n) is 19.8. The van der Waals surface area contributed by atoms with Crippen LogP contribution in [0.2, 0.25) is 0 Å². The zero-order valence-corrected chi connectivity index (χ0v) is 33.0. The molecule has 4 aromatic rings. The summed E-state index contributed by atoms with van der Waals surface area (Å²) in [5.41, 5.74) is 2.51. The molecule has 1 N–H and O–H groups in total. The molecular formula is C45H57N3O8. The molecule has 3 atom stereocenters. The molecule has 0 aliphatic carbocycles. The van der Waals surface area contributed by atoms with Gasteiger partial charge in [0.15, 0.2) is 0 Å². The van der Waals surface area contributed by atoms with Gasteiger partial charge in [-0.1, -0.05) is 78.9 Å². The van der Waals surface area contributed by atoms with Gasteiger partial charge in [0.25, 0.3) is 0 Å². The fraction of sp³-hybridized carbons (Fsp3) is 0.467. The van der Waals surface area contributed by atoms with E-state index < -0.39 is 23.9 Å². The topological polar surface area (TPSA) is 108 Å². The summed E-state index contributed by atoms with van der Waals surface area (Å²) < 4.78 is 35.8. The van der Waals surface area contributed by atoms with Crippen molar-refractivity contribution in [2.75, 3.05) is 72.3 Å². The normalized spacial score (nSPS) is 19.1. The largest absolute Gasteiger partial charge is 0.494 e. The molecule has 0 spiro atoms. The van der Waals surface area contributed by atoms with Crippen LogP contribution in [-0.2, 0) is 36.9 Å². The van der Waals surface area contributed by atoms with Crippen molar-refractivity contribution >= 4 is 23.0 Å². The minimum absolute atomic E-state index is 0.0877. The van der Waals surface area contributed by atoms with Crippen LogP contribution in [0.4, 0.5) is 9.59 Å². The van der Waals surface area contributed by atoms with E-state index in [1.54, 1.807) is 4.90 Å². The number of fused-ring (bicyclic) bond motifs is 1. The van der Waals surface area contributed by atoms with Crippen LogP contribution < -0.4 is 10.1 Å². The highest BCUT2D eigenvalue weighted by Gasteiger charge is 2.42. The number of carbonyl (C=O) groups is 2. The van der Waals surface area contributed by atoms with Gasteiger partial charge < -0.3 is 38.6 Å². The predicted molar refractivity (Wildman–Crippen MR) is 216 cm³/mol.